The molecule has 2 aromatic carbocycles. The highest BCUT2D eigenvalue weighted by Crippen LogP contribution is 2.18. The van der Waals surface area contributed by atoms with E-state index in [0.717, 1.165) is 11.3 Å². The van der Waals surface area contributed by atoms with Crippen LogP contribution in [0.5, 0.6) is 5.75 Å². The fraction of sp³-hybridized carbons (Fsp3) is 0.111. The van der Waals surface area contributed by atoms with Crippen molar-refractivity contribution in [3.05, 3.63) is 75.1 Å². The molecule has 3 rings (SSSR count). The highest BCUT2D eigenvalue weighted by Gasteiger charge is 2.12. The largest absolute Gasteiger partial charge is 0.497 e. The Kier molecular flexibility index (Phi) is 4.53. The molecule has 1 N–H and O–H groups in total. The van der Waals surface area contributed by atoms with Gasteiger partial charge in [0.1, 0.15) is 11.3 Å². The standard InChI is InChI=1S/C18H14ClNO4/c1-23-13-5-2-11(3-6-13)10-20-18(22)17-9-15(21)14-8-12(19)4-7-16(14)24-17/h2-9H,10H2,1H3,(H,20,22). The molecule has 0 bridgehead atoms. The van der Waals surface area contributed by atoms with E-state index in [-0.39, 0.29) is 11.2 Å². The fourth-order valence-corrected chi connectivity index (χ4v) is 2.43. The first-order valence-corrected chi connectivity index (χ1v) is 7.59. The molecule has 0 unspecified atom stereocenters. The van der Waals surface area contributed by atoms with E-state index in [0.29, 0.717) is 22.5 Å². The molecule has 0 aliphatic heterocycles. The predicted molar refractivity (Wildman–Crippen MR) is 91.7 cm³/mol. The third-order valence-electron chi connectivity index (χ3n) is 3.53. The molecule has 3 aromatic rings. The number of fused-ring (bicyclic) bond motifs is 1. The number of methoxy groups -OCH3 is 1. The number of nitrogens with one attached hydrogen (secondary N) is 1. The van der Waals surface area contributed by atoms with Gasteiger partial charge in [-0.15, -0.1) is 0 Å². The number of benzene rings is 2. The summed E-state index contributed by atoms with van der Waals surface area (Å²) < 4.78 is 10.6. The van der Waals surface area contributed by atoms with Crippen LogP contribution in [0.25, 0.3) is 11.0 Å². The van der Waals surface area contributed by atoms with Crippen molar-refractivity contribution in [3.63, 3.8) is 0 Å². The van der Waals surface area contributed by atoms with Gasteiger partial charge in [0.25, 0.3) is 5.91 Å². The zero-order valence-corrected chi connectivity index (χ0v) is 13.6. The van der Waals surface area contributed by atoms with Gasteiger partial charge >= 0.3 is 0 Å². The lowest BCUT2D eigenvalue weighted by Crippen LogP contribution is -2.24. The molecule has 0 atom stereocenters. The minimum atomic E-state index is -0.459. The number of carbonyl (C=O) groups is 1. The lowest BCUT2D eigenvalue weighted by molar-refractivity contribution is 0.0923. The topological polar surface area (TPSA) is 68.5 Å². The second kappa shape index (κ2) is 6.76. The van der Waals surface area contributed by atoms with Gasteiger partial charge in [-0.1, -0.05) is 23.7 Å². The van der Waals surface area contributed by atoms with E-state index in [1.807, 2.05) is 12.1 Å². The second-order valence-electron chi connectivity index (χ2n) is 5.15. The van der Waals surface area contributed by atoms with Crippen LogP contribution >= 0.6 is 11.6 Å². The zero-order valence-electron chi connectivity index (χ0n) is 12.8. The van der Waals surface area contributed by atoms with E-state index in [9.17, 15) is 9.59 Å². The Morgan fingerprint density at radius 2 is 1.92 bits per heavy atom. The smallest absolute Gasteiger partial charge is 0.287 e. The summed E-state index contributed by atoms with van der Waals surface area (Å²) in [5.41, 5.74) is 0.911. The first-order valence-electron chi connectivity index (χ1n) is 7.21. The number of halogens is 1. The van der Waals surface area contributed by atoms with E-state index >= 15 is 0 Å². The fourth-order valence-electron chi connectivity index (χ4n) is 2.25. The third kappa shape index (κ3) is 3.41. The van der Waals surface area contributed by atoms with Crippen LogP contribution in [-0.4, -0.2) is 13.0 Å². The maximum atomic E-state index is 12.2. The van der Waals surface area contributed by atoms with Crippen molar-refractivity contribution in [1.29, 1.82) is 0 Å². The predicted octanol–water partition coefficient (Wildman–Crippen LogP) is 3.39. The van der Waals surface area contributed by atoms with Crippen molar-refractivity contribution >= 4 is 28.5 Å². The van der Waals surface area contributed by atoms with Gasteiger partial charge < -0.3 is 14.5 Å². The average Bonchev–Trinajstić information content (AvgIpc) is 2.60. The lowest BCUT2D eigenvalue weighted by Gasteiger charge is -2.06. The van der Waals surface area contributed by atoms with Crippen molar-refractivity contribution in [3.8, 4) is 5.75 Å². The average molecular weight is 344 g/mol. The van der Waals surface area contributed by atoms with Gasteiger partial charge in [-0.05, 0) is 35.9 Å². The summed E-state index contributed by atoms with van der Waals surface area (Å²) in [4.78, 5) is 24.3. The molecule has 5 nitrogen and oxygen atoms in total. The molecule has 0 aliphatic rings. The lowest BCUT2D eigenvalue weighted by atomic mass is 10.2. The number of hydrogen-bond donors (Lipinski definition) is 1. The van der Waals surface area contributed by atoms with Crippen molar-refractivity contribution in [2.75, 3.05) is 7.11 Å². The first-order chi connectivity index (χ1) is 11.6. The van der Waals surface area contributed by atoms with E-state index in [1.54, 1.807) is 31.4 Å². The summed E-state index contributed by atoms with van der Waals surface area (Å²) in [6.45, 7) is 0.311. The molecule has 0 fully saturated rings. The summed E-state index contributed by atoms with van der Waals surface area (Å²) in [6.07, 6.45) is 0. The maximum absolute atomic E-state index is 12.2. The van der Waals surface area contributed by atoms with Gasteiger partial charge in [0.05, 0.1) is 12.5 Å². The number of carbonyl (C=O) groups excluding carboxylic acids is 1. The molecule has 122 valence electrons. The van der Waals surface area contributed by atoms with Gasteiger partial charge in [0.15, 0.2) is 11.2 Å². The van der Waals surface area contributed by atoms with E-state index in [2.05, 4.69) is 5.32 Å². The van der Waals surface area contributed by atoms with Crippen LogP contribution < -0.4 is 15.5 Å². The number of ether oxygens (including phenoxy) is 1. The third-order valence-corrected chi connectivity index (χ3v) is 3.76. The maximum Gasteiger partial charge on any atom is 0.287 e. The van der Waals surface area contributed by atoms with Crippen LogP contribution in [0, 0.1) is 0 Å². The van der Waals surface area contributed by atoms with Crippen LogP contribution in [0.15, 0.2) is 57.7 Å². The molecule has 1 aromatic heterocycles. The van der Waals surface area contributed by atoms with Crippen LogP contribution in [0.2, 0.25) is 5.02 Å². The van der Waals surface area contributed by atoms with Crippen LogP contribution in [0.4, 0.5) is 0 Å². The number of amides is 1. The van der Waals surface area contributed by atoms with E-state index in [1.165, 1.54) is 12.1 Å². The minimum Gasteiger partial charge on any atom is -0.497 e. The SMILES string of the molecule is COc1ccc(CNC(=O)c2cc(=O)c3cc(Cl)ccc3o2)cc1. The molecule has 0 saturated heterocycles. The van der Waals surface area contributed by atoms with Crippen molar-refractivity contribution in [2.45, 2.75) is 6.54 Å². The monoisotopic (exact) mass is 343 g/mol. The second-order valence-corrected chi connectivity index (χ2v) is 5.58. The van der Waals surface area contributed by atoms with Gasteiger partial charge in [-0.3, -0.25) is 9.59 Å². The van der Waals surface area contributed by atoms with E-state index in [4.69, 9.17) is 20.8 Å². The van der Waals surface area contributed by atoms with Gasteiger partial charge in [0.2, 0.25) is 0 Å². The molecule has 24 heavy (non-hydrogen) atoms. The Bertz CT molecular complexity index is 947. The highest BCUT2D eigenvalue weighted by molar-refractivity contribution is 6.31. The van der Waals surface area contributed by atoms with Crippen LogP contribution in [-0.2, 0) is 6.54 Å². The summed E-state index contributed by atoms with van der Waals surface area (Å²) in [5.74, 6) is 0.243. The molecule has 0 saturated carbocycles. The minimum absolute atomic E-state index is 0.0386. The summed E-state index contributed by atoms with van der Waals surface area (Å²) in [7, 11) is 1.59. The van der Waals surface area contributed by atoms with Crippen molar-refractivity contribution in [1.82, 2.24) is 5.32 Å². The van der Waals surface area contributed by atoms with Gasteiger partial charge in [-0.2, -0.15) is 0 Å². The molecule has 1 heterocycles. The quantitative estimate of drug-likeness (QED) is 0.788. The normalized spacial score (nSPS) is 10.6. The molecule has 0 aliphatic carbocycles. The summed E-state index contributed by atoms with van der Waals surface area (Å²) >= 11 is 5.86. The first kappa shape index (κ1) is 16.1. The summed E-state index contributed by atoms with van der Waals surface area (Å²) in [6, 6.07) is 13.2. The Hall–Kier alpha value is -2.79. The molecule has 1 amide bonds. The van der Waals surface area contributed by atoms with Crippen molar-refractivity contribution < 1.29 is 13.9 Å². The highest BCUT2D eigenvalue weighted by atomic mass is 35.5. The number of hydrogen-bond acceptors (Lipinski definition) is 4. The summed E-state index contributed by atoms with van der Waals surface area (Å²) in [5, 5.41) is 3.50. The number of rotatable bonds is 4. The van der Waals surface area contributed by atoms with E-state index < -0.39 is 5.91 Å². The van der Waals surface area contributed by atoms with Crippen LogP contribution in [0.3, 0.4) is 0 Å². The van der Waals surface area contributed by atoms with Gasteiger partial charge in [0, 0.05) is 17.6 Å². The molecular formula is C18H14ClNO4. The van der Waals surface area contributed by atoms with Gasteiger partial charge in [-0.25, -0.2) is 0 Å². The Morgan fingerprint density at radius 3 is 2.62 bits per heavy atom. The van der Waals surface area contributed by atoms with Crippen molar-refractivity contribution in [2.24, 2.45) is 0 Å². The molecule has 6 heteroatoms. The molecule has 0 spiro atoms. The Morgan fingerprint density at radius 1 is 1.17 bits per heavy atom. The Labute approximate surface area is 142 Å². The molecular weight excluding hydrogens is 330 g/mol. The zero-order chi connectivity index (χ0) is 17.1. The molecule has 0 radical (unpaired) electrons. The van der Waals surface area contributed by atoms with Crippen LogP contribution in [0.1, 0.15) is 16.1 Å². The Balaban J connectivity index is 1.78.